The standard InChI is InChI=1S/C36H28BrOP/c37-39(32-19-7-2-8-20-32,33-21-9-3-10-22-33,34-23-11-4-12-24-34)36(29-16-5-1-6-17-29)35(38)31-26-25-28-15-13-14-18-30(28)27-31/h1-27,36H. The van der Waals surface area contributed by atoms with Gasteiger partial charge in [0.1, 0.15) is 0 Å². The van der Waals surface area contributed by atoms with E-state index in [0.29, 0.717) is 5.56 Å². The molecule has 6 aromatic carbocycles. The summed E-state index contributed by atoms with van der Waals surface area (Å²) < 4.78 is 0. The Balaban J connectivity index is 1.76. The molecule has 0 N–H and O–H groups in total. The van der Waals surface area contributed by atoms with Crippen LogP contribution in [0.2, 0.25) is 0 Å². The van der Waals surface area contributed by atoms with E-state index in [0.717, 1.165) is 32.2 Å². The number of benzene rings is 6. The van der Waals surface area contributed by atoms with Crippen LogP contribution in [-0.2, 0) is 0 Å². The zero-order valence-electron chi connectivity index (χ0n) is 21.4. The first kappa shape index (κ1) is 25.4. The second-order valence-electron chi connectivity index (χ2n) is 9.82. The Labute approximate surface area is 237 Å². The summed E-state index contributed by atoms with van der Waals surface area (Å²) in [6.07, 6.45) is 0. The molecule has 39 heavy (non-hydrogen) atoms. The molecule has 0 radical (unpaired) electrons. The Morgan fingerprint density at radius 3 is 1.38 bits per heavy atom. The normalized spacial score (nSPS) is 13.3. The van der Waals surface area contributed by atoms with E-state index < -0.39 is 11.0 Å². The number of Topliss-reactive ketones (excluding diaryl/α,β-unsaturated/α-hetero) is 1. The third kappa shape index (κ3) is 4.16. The first-order chi connectivity index (χ1) is 19.1. The quantitative estimate of drug-likeness (QED) is 0.135. The van der Waals surface area contributed by atoms with E-state index in [1.165, 1.54) is 0 Å². The summed E-state index contributed by atoms with van der Waals surface area (Å²) in [5.41, 5.74) is 1.19. The predicted molar refractivity (Wildman–Crippen MR) is 172 cm³/mol. The van der Waals surface area contributed by atoms with E-state index in [9.17, 15) is 0 Å². The minimum atomic E-state index is -3.68. The molecular weight excluding hydrogens is 559 g/mol. The summed E-state index contributed by atoms with van der Waals surface area (Å²) >= 11 is 4.58. The van der Waals surface area contributed by atoms with Crippen molar-refractivity contribution < 1.29 is 4.79 Å². The maximum absolute atomic E-state index is 15.2. The number of carbonyl (C=O) groups excluding carboxylic acids is 1. The van der Waals surface area contributed by atoms with Gasteiger partial charge in [-0.05, 0) is 0 Å². The Morgan fingerprint density at radius 1 is 0.487 bits per heavy atom. The Kier molecular flexibility index (Phi) is 6.77. The van der Waals surface area contributed by atoms with Crippen LogP contribution in [0.25, 0.3) is 10.8 Å². The Morgan fingerprint density at radius 2 is 0.897 bits per heavy atom. The molecule has 1 nitrogen and oxygen atoms in total. The molecule has 0 heterocycles. The molecule has 0 fully saturated rings. The summed E-state index contributed by atoms with van der Waals surface area (Å²) in [6, 6.07) is 56.2. The van der Waals surface area contributed by atoms with Crippen molar-refractivity contribution in [1.82, 2.24) is 0 Å². The fraction of sp³-hybridized carbons (Fsp3) is 0.0278. The molecule has 6 aromatic rings. The fourth-order valence-corrected chi connectivity index (χ4v) is 14.6. The first-order valence-corrected chi connectivity index (χ1v) is 17.4. The minimum absolute atomic E-state index is 0.0954. The van der Waals surface area contributed by atoms with E-state index >= 15 is 4.79 Å². The van der Waals surface area contributed by atoms with Gasteiger partial charge in [0.25, 0.3) is 0 Å². The van der Waals surface area contributed by atoms with E-state index in [1.54, 1.807) is 0 Å². The van der Waals surface area contributed by atoms with Crippen molar-refractivity contribution in [3.63, 3.8) is 0 Å². The molecule has 1 atom stereocenters. The van der Waals surface area contributed by atoms with Gasteiger partial charge in [0.2, 0.25) is 0 Å². The van der Waals surface area contributed by atoms with Crippen molar-refractivity contribution in [2.75, 3.05) is 0 Å². The Hall–Kier alpha value is -3.84. The van der Waals surface area contributed by atoms with Gasteiger partial charge >= 0.3 is 239 Å². The third-order valence-corrected chi connectivity index (χ3v) is 18.0. The third-order valence-electron chi connectivity index (χ3n) is 7.67. The van der Waals surface area contributed by atoms with Crippen molar-refractivity contribution in [1.29, 1.82) is 0 Å². The van der Waals surface area contributed by atoms with E-state index in [2.05, 4.69) is 119 Å². The van der Waals surface area contributed by atoms with E-state index in [4.69, 9.17) is 0 Å². The molecule has 190 valence electrons. The average Bonchev–Trinajstić information content (AvgIpc) is 3.02. The van der Waals surface area contributed by atoms with Crippen LogP contribution in [-0.4, -0.2) is 5.78 Å². The molecular formula is C36H28BrOP. The summed E-state index contributed by atoms with van der Waals surface area (Å²) in [5, 5.41) is 1.84. The molecule has 6 rings (SSSR count). The molecule has 0 aliphatic rings. The van der Waals surface area contributed by atoms with Gasteiger partial charge in [-0.15, -0.1) is 0 Å². The van der Waals surface area contributed by atoms with Gasteiger partial charge in [0.05, 0.1) is 0 Å². The molecule has 0 aliphatic carbocycles. The van der Waals surface area contributed by atoms with Crippen molar-refractivity contribution >= 4 is 53.3 Å². The fourth-order valence-electron chi connectivity index (χ4n) is 5.84. The molecule has 0 bridgehead atoms. The number of halogens is 1. The SMILES string of the molecule is O=C(c1ccc2ccccc2c1)C(c1ccccc1)P(Br)(c1ccccc1)(c1ccccc1)c1ccccc1. The summed E-state index contributed by atoms with van der Waals surface area (Å²) in [6.45, 7) is 0. The van der Waals surface area contributed by atoms with E-state index in [-0.39, 0.29) is 5.78 Å². The summed E-state index contributed by atoms with van der Waals surface area (Å²) in [7, 11) is 0. The van der Waals surface area contributed by atoms with Crippen molar-refractivity contribution in [3.8, 4) is 0 Å². The van der Waals surface area contributed by atoms with Crippen LogP contribution in [0.15, 0.2) is 164 Å². The van der Waals surface area contributed by atoms with Crippen LogP contribution in [0.1, 0.15) is 21.6 Å². The molecule has 0 spiro atoms. The monoisotopic (exact) mass is 586 g/mol. The van der Waals surface area contributed by atoms with Crippen LogP contribution in [0, 0.1) is 0 Å². The number of hydrogen-bond acceptors (Lipinski definition) is 1. The molecule has 0 aliphatic heterocycles. The second-order valence-corrected chi connectivity index (χ2v) is 18.5. The van der Waals surface area contributed by atoms with Gasteiger partial charge in [0, 0.05) is 0 Å². The van der Waals surface area contributed by atoms with E-state index in [1.807, 2.05) is 60.7 Å². The van der Waals surface area contributed by atoms with Crippen LogP contribution >= 0.6 is 20.8 Å². The van der Waals surface area contributed by atoms with Gasteiger partial charge in [-0.25, -0.2) is 0 Å². The van der Waals surface area contributed by atoms with Gasteiger partial charge < -0.3 is 0 Å². The van der Waals surface area contributed by atoms with Gasteiger partial charge in [-0.3, -0.25) is 0 Å². The van der Waals surface area contributed by atoms with Crippen molar-refractivity contribution in [3.05, 3.63) is 175 Å². The molecule has 0 saturated carbocycles. The Bertz CT molecular complexity index is 1640. The number of ketones is 1. The molecule has 0 aromatic heterocycles. The first-order valence-electron chi connectivity index (χ1n) is 13.1. The van der Waals surface area contributed by atoms with Crippen LogP contribution in [0.5, 0.6) is 0 Å². The average molecular weight is 587 g/mol. The molecule has 1 unspecified atom stereocenters. The van der Waals surface area contributed by atoms with Gasteiger partial charge in [0.15, 0.2) is 0 Å². The molecule has 3 heteroatoms. The molecule has 0 saturated heterocycles. The van der Waals surface area contributed by atoms with Crippen LogP contribution in [0.3, 0.4) is 0 Å². The molecule has 0 amide bonds. The van der Waals surface area contributed by atoms with Crippen molar-refractivity contribution in [2.24, 2.45) is 0 Å². The summed E-state index contributed by atoms with van der Waals surface area (Å²) in [4.78, 5) is 15.2. The number of rotatable bonds is 7. The van der Waals surface area contributed by atoms with Gasteiger partial charge in [-0.2, -0.15) is 0 Å². The van der Waals surface area contributed by atoms with Crippen LogP contribution in [0.4, 0.5) is 0 Å². The van der Waals surface area contributed by atoms with Crippen molar-refractivity contribution in [2.45, 2.75) is 5.66 Å². The predicted octanol–water partition coefficient (Wildman–Crippen LogP) is 8.60. The topological polar surface area (TPSA) is 17.1 Å². The number of carbonyl (C=O) groups is 1. The number of hydrogen-bond donors (Lipinski definition) is 0. The van der Waals surface area contributed by atoms with Crippen LogP contribution < -0.4 is 15.9 Å². The van der Waals surface area contributed by atoms with Gasteiger partial charge in [-0.1, -0.05) is 0 Å². The zero-order valence-corrected chi connectivity index (χ0v) is 23.9. The number of fused-ring (bicyclic) bond motifs is 1. The second kappa shape index (κ2) is 10.4. The zero-order chi connectivity index (χ0) is 26.7. The summed E-state index contributed by atoms with van der Waals surface area (Å²) in [5.74, 6) is 0.0954. The maximum atomic E-state index is 15.2.